The van der Waals surface area contributed by atoms with Gasteiger partial charge in [-0.2, -0.15) is 0 Å². The average molecular weight is 566 g/mol. The first-order valence-corrected chi connectivity index (χ1v) is 14.8. The van der Waals surface area contributed by atoms with Gasteiger partial charge in [-0.25, -0.2) is 8.42 Å². The van der Waals surface area contributed by atoms with Crippen LogP contribution in [0.5, 0.6) is 11.5 Å². The maximum Gasteiger partial charge on any atom is 0.244 e. The van der Waals surface area contributed by atoms with Crippen molar-refractivity contribution in [3.05, 3.63) is 53.1 Å². The highest BCUT2D eigenvalue weighted by Gasteiger charge is 2.33. The second-order valence-corrected chi connectivity index (χ2v) is 12.1. The van der Waals surface area contributed by atoms with E-state index in [0.717, 1.165) is 9.87 Å². The van der Waals surface area contributed by atoms with Crippen LogP contribution < -0.4 is 19.1 Å². The molecule has 2 aromatic rings. The number of sulfonamides is 1. The molecule has 2 amide bonds. The number of benzene rings is 2. The van der Waals surface area contributed by atoms with Gasteiger partial charge in [0.1, 0.15) is 25.8 Å². The Morgan fingerprint density at radius 2 is 1.68 bits per heavy atom. The van der Waals surface area contributed by atoms with Gasteiger partial charge in [-0.05, 0) is 49.1 Å². The third-order valence-electron chi connectivity index (χ3n) is 6.13. The summed E-state index contributed by atoms with van der Waals surface area (Å²) in [5.41, 5.74) is 1.05. The number of nitrogens with one attached hydrogen (secondary N) is 1. The van der Waals surface area contributed by atoms with Gasteiger partial charge in [-0.15, -0.1) is 0 Å². The van der Waals surface area contributed by atoms with Crippen molar-refractivity contribution in [1.82, 2.24) is 10.2 Å². The van der Waals surface area contributed by atoms with Crippen LogP contribution >= 0.6 is 11.6 Å². The fourth-order valence-electron chi connectivity index (χ4n) is 4.04. The first kappa shape index (κ1) is 29.6. The summed E-state index contributed by atoms with van der Waals surface area (Å²) in [6.07, 6.45) is 0.355. The van der Waals surface area contributed by atoms with E-state index in [4.69, 9.17) is 21.1 Å². The minimum atomic E-state index is -3.85. The topological polar surface area (TPSA) is 105 Å². The molecule has 1 atom stereocenters. The summed E-state index contributed by atoms with van der Waals surface area (Å²) in [7, 11) is -3.85. The highest BCUT2D eigenvalue weighted by Crippen LogP contribution is 2.35. The molecule has 0 aliphatic carbocycles. The minimum absolute atomic E-state index is 0.116. The highest BCUT2D eigenvalue weighted by molar-refractivity contribution is 7.92. The van der Waals surface area contributed by atoms with Crippen LogP contribution in [0.15, 0.2) is 42.5 Å². The van der Waals surface area contributed by atoms with Gasteiger partial charge in [0, 0.05) is 24.2 Å². The molecular formula is C27H36ClN3O6S. The molecule has 38 heavy (non-hydrogen) atoms. The lowest BCUT2D eigenvalue weighted by molar-refractivity contribution is -0.140. The van der Waals surface area contributed by atoms with Crippen molar-refractivity contribution in [2.45, 2.75) is 46.7 Å². The Bertz CT molecular complexity index is 1220. The van der Waals surface area contributed by atoms with E-state index in [1.54, 1.807) is 42.5 Å². The van der Waals surface area contributed by atoms with Crippen LogP contribution in [0.3, 0.4) is 0 Å². The molecule has 0 saturated carbocycles. The predicted octanol–water partition coefficient (Wildman–Crippen LogP) is 3.85. The van der Waals surface area contributed by atoms with E-state index in [1.165, 1.54) is 11.8 Å². The van der Waals surface area contributed by atoms with E-state index >= 15 is 0 Å². The van der Waals surface area contributed by atoms with Crippen molar-refractivity contribution in [3.63, 3.8) is 0 Å². The van der Waals surface area contributed by atoms with Crippen molar-refractivity contribution in [2.75, 3.05) is 36.4 Å². The zero-order valence-corrected chi connectivity index (χ0v) is 23.8. The minimum Gasteiger partial charge on any atom is -0.486 e. The number of carbonyl (C=O) groups is 2. The monoisotopic (exact) mass is 565 g/mol. The summed E-state index contributed by atoms with van der Waals surface area (Å²) in [6.45, 7) is 8.16. The fourth-order valence-corrected chi connectivity index (χ4v) is 5.22. The van der Waals surface area contributed by atoms with Crippen LogP contribution in [0.2, 0.25) is 5.02 Å². The smallest absolute Gasteiger partial charge is 0.244 e. The van der Waals surface area contributed by atoms with E-state index in [-0.39, 0.29) is 29.8 Å². The van der Waals surface area contributed by atoms with Crippen LogP contribution in [-0.4, -0.2) is 63.2 Å². The molecule has 11 heteroatoms. The van der Waals surface area contributed by atoms with E-state index in [2.05, 4.69) is 5.32 Å². The maximum atomic E-state index is 13.9. The van der Waals surface area contributed by atoms with Gasteiger partial charge >= 0.3 is 0 Å². The molecule has 208 valence electrons. The molecule has 0 aromatic heterocycles. The van der Waals surface area contributed by atoms with Crippen LogP contribution in [0.1, 0.15) is 39.7 Å². The summed E-state index contributed by atoms with van der Waals surface area (Å²) < 4.78 is 38.6. The van der Waals surface area contributed by atoms with Crippen LogP contribution in [0, 0.1) is 5.92 Å². The number of anilines is 1. The SMILES string of the molecule is CCC(C(=O)NCC(C)C)N(Cc1ccc(Cl)cc1)C(=O)CN(c1ccc2c(c1)OCCO2)S(=O)(=O)CC. The number of hydrogen-bond donors (Lipinski definition) is 1. The second-order valence-electron chi connectivity index (χ2n) is 9.45. The summed E-state index contributed by atoms with van der Waals surface area (Å²) in [5, 5.41) is 3.46. The number of amides is 2. The number of nitrogens with zero attached hydrogens (tertiary/aromatic N) is 2. The van der Waals surface area contributed by atoms with E-state index in [0.29, 0.717) is 42.7 Å². The lowest BCUT2D eigenvalue weighted by atomic mass is 10.1. The van der Waals surface area contributed by atoms with Crippen molar-refractivity contribution in [1.29, 1.82) is 0 Å². The van der Waals surface area contributed by atoms with E-state index < -0.39 is 28.5 Å². The van der Waals surface area contributed by atoms with Crippen molar-refractivity contribution in [3.8, 4) is 11.5 Å². The first-order valence-electron chi connectivity index (χ1n) is 12.8. The molecule has 0 fully saturated rings. The molecule has 1 aliphatic rings. The Labute approximate surface area is 230 Å². The van der Waals surface area contributed by atoms with Crippen molar-refractivity contribution >= 4 is 39.1 Å². The van der Waals surface area contributed by atoms with E-state index in [9.17, 15) is 18.0 Å². The molecule has 3 rings (SSSR count). The van der Waals surface area contributed by atoms with Gasteiger partial charge in [0.05, 0.1) is 11.4 Å². The standard InChI is InChI=1S/C27H36ClN3O6S/c1-5-23(27(33)29-16-19(3)4)30(17-20-7-9-21(28)10-8-20)26(32)18-31(38(34,35)6-2)22-11-12-24-25(15-22)37-14-13-36-24/h7-12,15,19,23H,5-6,13-14,16-18H2,1-4H3,(H,29,33). The van der Waals surface area contributed by atoms with Crippen LogP contribution in [0.4, 0.5) is 5.69 Å². The van der Waals surface area contributed by atoms with Crippen LogP contribution in [0.25, 0.3) is 0 Å². The summed E-state index contributed by atoms with van der Waals surface area (Å²) in [6, 6.07) is 11.0. The van der Waals surface area contributed by atoms with Crippen molar-refractivity contribution in [2.24, 2.45) is 5.92 Å². The van der Waals surface area contributed by atoms with Gasteiger partial charge in [-0.3, -0.25) is 13.9 Å². The number of hydrogen-bond acceptors (Lipinski definition) is 6. The Morgan fingerprint density at radius 1 is 1.03 bits per heavy atom. The van der Waals surface area contributed by atoms with Gasteiger partial charge in [0.25, 0.3) is 0 Å². The average Bonchev–Trinajstić information content (AvgIpc) is 2.91. The number of carbonyl (C=O) groups excluding carboxylic acids is 2. The molecule has 0 bridgehead atoms. The quantitative estimate of drug-likeness (QED) is 0.419. The van der Waals surface area contributed by atoms with Gasteiger partial charge in [0.15, 0.2) is 11.5 Å². The normalized spacial score (nSPS) is 13.6. The molecular weight excluding hydrogens is 530 g/mol. The van der Waals surface area contributed by atoms with Crippen LogP contribution in [-0.2, 0) is 26.2 Å². The summed E-state index contributed by atoms with van der Waals surface area (Å²) >= 11 is 6.04. The summed E-state index contributed by atoms with van der Waals surface area (Å²) in [4.78, 5) is 28.4. The first-order chi connectivity index (χ1) is 18.1. The number of rotatable bonds is 12. The Balaban J connectivity index is 1.96. The lowest BCUT2D eigenvalue weighted by Crippen LogP contribution is -2.52. The Kier molecular flexibility index (Phi) is 10.3. The molecule has 1 heterocycles. The molecule has 0 spiro atoms. The zero-order valence-electron chi connectivity index (χ0n) is 22.3. The lowest BCUT2D eigenvalue weighted by Gasteiger charge is -2.33. The Morgan fingerprint density at radius 3 is 2.29 bits per heavy atom. The molecule has 1 unspecified atom stereocenters. The zero-order chi connectivity index (χ0) is 27.9. The second kappa shape index (κ2) is 13.2. The molecule has 1 N–H and O–H groups in total. The number of halogens is 1. The molecule has 0 saturated heterocycles. The molecule has 9 nitrogen and oxygen atoms in total. The number of fused-ring (bicyclic) bond motifs is 1. The predicted molar refractivity (Wildman–Crippen MR) is 148 cm³/mol. The highest BCUT2D eigenvalue weighted by atomic mass is 35.5. The van der Waals surface area contributed by atoms with Gasteiger partial charge in [0.2, 0.25) is 21.8 Å². The molecule has 0 radical (unpaired) electrons. The molecule has 1 aliphatic heterocycles. The number of ether oxygens (including phenoxy) is 2. The fraction of sp³-hybridized carbons (Fsp3) is 0.481. The van der Waals surface area contributed by atoms with E-state index in [1.807, 2.05) is 20.8 Å². The largest absolute Gasteiger partial charge is 0.486 e. The van der Waals surface area contributed by atoms with Gasteiger partial charge in [-0.1, -0.05) is 44.5 Å². The van der Waals surface area contributed by atoms with Gasteiger partial charge < -0.3 is 19.7 Å². The van der Waals surface area contributed by atoms with Crippen molar-refractivity contribution < 1.29 is 27.5 Å². The third kappa shape index (κ3) is 7.54. The third-order valence-corrected chi connectivity index (χ3v) is 8.12. The molecule has 2 aromatic carbocycles. The summed E-state index contributed by atoms with van der Waals surface area (Å²) in [5.74, 6) is 0.161. The maximum absolute atomic E-state index is 13.9. The Hall–Kier alpha value is -2.98.